The van der Waals surface area contributed by atoms with Crippen LogP contribution in [0, 0.1) is 0 Å². The Balaban J connectivity index is 2.47. The number of ether oxygens (including phenoxy) is 1. The number of anilines is 2. The van der Waals surface area contributed by atoms with Crippen molar-refractivity contribution in [2.75, 3.05) is 23.8 Å². The van der Waals surface area contributed by atoms with Crippen LogP contribution in [0.2, 0.25) is 0 Å². The third-order valence-corrected chi connectivity index (χ3v) is 2.88. The Labute approximate surface area is 109 Å². The van der Waals surface area contributed by atoms with Gasteiger partial charge in [0, 0.05) is 18.4 Å². The number of nitrogens with two attached hydrogens (primary N) is 2. The highest BCUT2D eigenvalue weighted by Crippen LogP contribution is 2.18. The fourth-order valence-corrected chi connectivity index (χ4v) is 2.12. The Morgan fingerprint density at radius 2 is 2.11 bits per heavy atom. The average Bonchev–Trinajstić information content (AvgIpc) is 2.26. The second-order valence-corrected chi connectivity index (χ2v) is 4.48. The first-order valence-corrected chi connectivity index (χ1v) is 6.38. The molecule has 1 atom stereocenters. The van der Waals surface area contributed by atoms with Crippen LogP contribution in [-0.2, 0) is 9.53 Å². The number of thioether (sulfide) groups is 1. The topological polar surface area (TPSA) is 124 Å². The molecule has 0 saturated heterocycles. The zero-order valence-electron chi connectivity index (χ0n) is 10.00. The molecule has 100 valence electrons. The van der Waals surface area contributed by atoms with E-state index in [4.69, 9.17) is 21.3 Å². The van der Waals surface area contributed by atoms with E-state index in [2.05, 4.69) is 9.97 Å². The molecule has 0 aliphatic carbocycles. The van der Waals surface area contributed by atoms with Gasteiger partial charge in [-0.25, -0.2) is 14.8 Å². The minimum absolute atomic E-state index is 0.296. The van der Waals surface area contributed by atoms with Crippen LogP contribution < -0.4 is 11.5 Å². The summed E-state index contributed by atoms with van der Waals surface area (Å²) >= 11 is 1.29. The first kappa shape index (κ1) is 14.5. The molecule has 1 unspecified atom stereocenters. The molecular weight excluding hydrogens is 256 g/mol. The van der Waals surface area contributed by atoms with E-state index in [1.54, 1.807) is 6.92 Å². The number of nitrogen functional groups attached to an aromatic ring is 2. The van der Waals surface area contributed by atoms with Crippen molar-refractivity contribution in [3.63, 3.8) is 0 Å². The highest BCUT2D eigenvalue weighted by Gasteiger charge is 2.17. The van der Waals surface area contributed by atoms with Crippen LogP contribution >= 0.6 is 11.8 Å². The van der Waals surface area contributed by atoms with E-state index < -0.39 is 12.1 Å². The largest absolute Gasteiger partial charge is 0.479 e. The lowest BCUT2D eigenvalue weighted by Crippen LogP contribution is -2.24. The first-order chi connectivity index (χ1) is 8.52. The molecule has 8 heteroatoms. The summed E-state index contributed by atoms with van der Waals surface area (Å²) < 4.78 is 5.09. The number of aromatic nitrogens is 2. The predicted molar refractivity (Wildman–Crippen MR) is 69.2 cm³/mol. The molecule has 18 heavy (non-hydrogen) atoms. The van der Waals surface area contributed by atoms with Crippen molar-refractivity contribution < 1.29 is 14.6 Å². The molecule has 0 aromatic carbocycles. The molecule has 7 nitrogen and oxygen atoms in total. The summed E-state index contributed by atoms with van der Waals surface area (Å²) in [5.41, 5.74) is 11.0. The van der Waals surface area contributed by atoms with Crippen molar-refractivity contribution in [3.8, 4) is 0 Å². The van der Waals surface area contributed by atoms with Crippen molar-refractivity contribution in [1.82, 2.24) is 9.97 Å². The molecule has 0 spiro atoms. The number of carbonyl (C=O) groups is 1. The van der Waals surface area contributed by atoms with Crippen molar-refractivity contribution >= 4 is 29.4 Å². The molecule has 0 aliphatic rings. The van der Waals surface area contributed by atoms with E-state index in [-0.39, 0.29) is 0 Å². The highest BCUT2D eigenvalue weighted by atomic mass is 32.2. The number of hydrogen-bond acceptors (Lipinski definition) is 7. The standard InChI is InChI=1S/C10H16N4O3S/c1-2-17-6(9(15)16)3-4-18-10-13-7(11)5-8(12)14-10/h5-6H,2-4H2,1H3,(H,15,16)(H4,11,12,13,14). The molecule has 5 N–H and O–H groups in total. The van der Waals surface area contributed by atoms with Gasteiger partial charge in [-0.3, -0.25) is 0 Å². The first-order valence-electron chi connectivity index (χ1n) is 5.40. The second kappa shape index (κ2) is 7.02. The van der Waals surface area contributed by atoms with E-state index >= 15 is 0 Å². The lowest BCUT2D eigenvalue weighted by Gasteiger charge is -2.11. The fraction of sp³-hybridized carbons (Fsp3) is 0.500. The molecule has 0 amide bonds. The van der Waals surface area contributed by atoms with Gasteiger partial charge in [-0.1, -0.05) is 11.8 Å². The third kappa shape index (κ3) is 4.76. The van der Waals surface area contributed by atoms with Gasteiger partial charge in [-0.2, -0.15) is 0 Å². The SMILES string of the molecule is CCOC(CCSc1nc(N)cc(N)n1)C(=O)O. The van der Waals surface area contributed by atoms with Gasteiger partial charge >= 0.3 is 5.97 Å². The smallest absolute Gasteiger partial charge is 0.332 e. The van der Waals surface area contributed by atoms with Crippen molar-refractivity contribution in [2.45, 2.75) is 24.6 Å². The molecule has 0 radical (unpaired) electrons. The van der Waals surface area contributed by atoms with Crippen molar-refractivity contribution in [1.29, 1.82) is 0 Å². The number of carboxylic acids is 1. The van der Waals surface area contributed by atoms with Gasteiger partial charge in [0.25, 0.3) is 0 Å². The molecular formula is C10H16N4O3S. The maximum atomic E-state index is 10.8. The van der Waals surface area contributed by atoms with Crippen LogP contribution in [-0.4, -0.2) is 39.5 Å². The third-order valence-electron chi connectivity index (χ3n) is 2.00. The molecule has 1 aromatic heterocycles. The predicted octanol–water partition coefficient (Wildman–Crippen LogP) is 0.613. The number of hydrogen-bond donors (Lipinski definition) is 3. The lowest BCUT2D eigenvalue weighted by atomic mass is 10.3. The Hall–Kier alpha value is -1.54. The van der Waals surface area contributed by atoms with Crippen LogP contribution in [0.3, 0.4) is 0 Å². The monoisotopic (exact) mass is 272 g/mol. The lowest BCUT2D eigenvalue weighted by molar-refractivity contribution is -0.150. The quantitative estimate of drug-likeness (QED) is 0.487. The van der Waals surface area contributed by atoms with Gasteiger partial charge in [0.15, 0.2) is 11.3 Å². The fourth-order valence-electron chi connectivity index (χ4n) is 1.26. The average molecular weight is 272 g/mol. The Morgan fingerprint density at radius 1 is 1.50 bits per heavy atom. The Morgan fingerprint density at radius 3 is 2.61 bits per heavy atom. The summed E-state index contributed by atoms with van der Waals surface area (Å²) in [4.78, 5) is 18.8. The Bertz CT molecular complexity index is 396. The van der Waals surface area contributed by atoms with Gasteiger partial charge in [0.05, 0.1) is 0 Å². The summed E-state index contributed by atoms with van der Waals surface area (Å²) in [5.74, 6) is 0.138. The highest BCUT2D eigenvalue weighted by molar-refractivity contribution is 7.99. The molecule has 1 aromatic rings. The van der Waals surface area contributed by atoms with Crippen LogP contribution in [0.5, 0.6) is 0 Å². The van der Waals surface area contributed by atoms with Crippen LogP contribution in [0.4, 0.5) is 11.6 Å². The molecule has 0 saturated carbocycles. The number of rotatable bonds is 7. The van der Waals surface area contributed by atoms with Gasteiger partial charge in [-0.05, 0) is 13.3 Å². The van der Waals surface area contributed by atoms with Crippen molar-refractivity contribution in [3.05, 3.63) is 6.07 Å². The number of nitrogens with zero attached hydrogens (tertiary/aromatic N) is 2. The zero-order valence-corrected chi connectivity index (χ0v) is 10.8. The summed E-state index contributed by atoms with van der Waals surface area (Å²) in [7, 11) is 0. The number of carboxylic acid groups (broad SMARTS) is 1. The maximum Gasteiger partial charge on any atom is 0.332 e. The Kier molecular flexibility index (Phi) is 5.66. The molecule has 0 fully saturated rings. The summed E-state index contributed by atoms with van der Waals surface area (Å²) in [5, 5.41) is 9.32. The molecule has 1 heterocycles. The minimum atomic E-state index is -0.967. The maximum absolute atomic E-state index is 10.8. The minimum Gasteiger partial charge on any atom is -0.479 e. The zero-order chi connectivity index (χ0) is 13.5. The van der Waals surface area contributed by atoms with E-state index in [1.165, 1.54) is 17.8 Å². The van der Waals surface area contributed by atoms with E-state index in [0.717, 1.165) is 0 Å². The van der Waals surface area contributed by atoms with Gasteiger partial charge in [0.1, 0.15) is 11.6 Å². The van der Waals surface area contributed by atoms with Crippen LogP contribution in [0.15, 0.2) is 11.2 Å². The summed E-state index contributed by atoms with van der Waals surface area (Å²) in [6.07, 6.45) is -0.438. The van der Waals surface area contributed by atoms with Crippen LogP contribution in [0.25, 0.3) is 0 Å². The van der Waals surface area contributed by atoms with Crippen molar-refractivity contribution in [2.24, 2.45) is 0 Å². The number of aliphatic carboxylic acids is 1. The molecule has 1 rings (SSSR count). The van der Waals surface area contributed by atoms with Gasteiger partial charge < -0.3 is 21.3 Å². The van der Waals surface area contributed by atoms with E-state index in [9.17, 15) is 4.79 Å². The van der Waals surface area contributed by atoms with Gasteiger partial charge in [-0.15, -0.1) is 0 Å². The van der Waals surface area contributed by atoms with Gasteiger partial charge in [0.2, 0.25) is 0 Å². The normalized spacial score (nSPS) is 12.3. The summed E-state index contributed by atoms with van der Waals surface area (Å²) in [6.45, 7) is 2.12. The summed E-state index contributed by atoms with van der Waals surface area (Å²) in [6, 6.07) is 1.46. The second-order valence-electron chi connectivity index (χ2n) is 3.42. The van der Waals surface area contributed by atoms with E-state index in [0.29, 0.717) is 35.6 Å². The van der Waals surface area contributed by atoms with E-state index in [1.807, 2.05) is 0 Å². The molecule has 0 aliphatic heterocycles. The molecule has 0 bridgehead atoms. The van der Waals surface area contributed by atoms with Crippen LogP contribution in [0.1, 0.15) is 13.3 Å².